The molecule has 1 aromatic carbocycles. The fraction of sp³-hybridized carbons (Fsp3) is 0.375. The van der Waals surface area contributed by atoms with Gasteiger partial charge < -0.3 is 15.2 Å². The third-order valence-electron chi connectivity index (χ3n) is 3.32. The van der Waals surface area contributed by atoms with E-state index in [1.165, 1.54) is 19.4 Å². The van der Waals surface area contributed by atoms with E-state index < -0.39 is 12.6 Å². The number of methoxy groups -OCH3 is 1. The van der Waals surface area contributed by atoms with E-state index in [0.717, 1.165) is 5.56 Å². The van der Waals surface area contributed by atoms with E-state index in [4.69, 9.17) is 4.74 Å². The lowest BCUT2D eigenvalue weighted by atomic mass is 10.1. The Morgan fingerprint density at radius 1 is 1.21 bits per heavy atom. The number of rotatable bonds is 7. The molecule has 1 aromatic heterocycles. The van der Waals surface area contributed by atoms with Crippen LogP contribution >= 0.6 is 0 Å². The third-order valence-corrected chi connectivity index (χ3v) is 3.32. The summed E-state index contributed by atoms with van der Waals surface area (Å²) in [6.45, 7) is 0.481. The molecule has 0 aliphatic carbocycles. The van der Waals surface area contributed by atoms with Gasteiger partial charge in [0.1, 0.15) is 0 Å². The van der Waals surface area contributed by atoms with Gasteiger partial charge in [-0.25, -0.2) is 9.97 Å². The Bertz CT molecular complexity index is 678. The summed E-state index contributed by atoms with van der Waals surface area (Å²) in [7, 11) is 1.47. The number of alkyl halides is 3. The van der Waals surface area contributed by atoms with Crippen LogP contribution in [0, 0.1) is 0 Å². The Morgan fingerprint density at radius 3 is 2.67 bits per heavy atom. The maximum absolute atomic E-state index is 12.2. The summed E-state index contributed by atoms with van der Waals surface area (Å²) in [5, 5.41) is 12.7. The molecule has 0 radical (unpaired) electrons. The van der Waals surface area contributed by atoms with Gasteiger partial charge in [0.2, 0.25) is 5.95 Å². The maximum Gasteiger partial charge on any atom is 0.389 e. The minimum atomic E-state index is -4.20. The second-order valence-corrected chi connectivity index (χ2v) is 5.17. The van der Waals surface area contributed by atoms with Crippen molar-refractivity contribution in [2.75, 3.05) is 19.0 Å². The molecule has 0 bridgehead atoms. The number of aryl methyl sites for hydroxylation is 1. The first-order valence-electron chi connectivity index (χ1n) is 7.36. The average molecular weight is 341 g/mol. The highest BCUT2D eigenvalue weighted by Gasteiger charge is 2.26. The molecule has 130 valence electrons. The van der Waals surface area contributed by atoms with Gasteiger partial charge in [0, 0.05) is 24.9 Å². The standard InChI is InChI=1S/C16H18F3N3O2/c1-24-14-3-2-11(10-13(14)23)5-8-20-15-21-9-6-12(22-15)4-7-16(17,18)19/h2-3,6,9-10,23H,4-5,7-8H2,1H3,(H,20,21,22). The highest BCUT2D eigenvalue weighted by Crippen LogP contribution is 2.26. The molecule has 0 atom stereocenters. The van der Waals surface area contributed by atoms with Crippen molar-refractivity contribution in [3.8, 4) is 11.5 Å². The number of ether oxygens (including phenoxy) is 1. The molecule has 24 heavy (non-hydrogen) atoms. The van der Waals surface area contributed by atoms with Crippen molar-refractivity contribution in [1.29, 1.82) is 0 Å². The molecule has 0 unspecified atom stereocenters. The van der Waals surface area contributed by atoms with Crippen LogP contribution in [0.2, 0.25) is 0 Å². The Morgan fingerprint density at radius 2 is 2.00 bits per heavy atom. The van der Waals surface area contributed by atoms with Crippen LogP contribution in [0.3, 0.4) is 0 Å². The molecule has 0 fully saturated rings. The molecule has 0 saturated heterocycles. The number of aromatic nitrogens is 2. The molecule has 0 saturated carbocycles. The quantitative estimate of drug-likeness (QED) is 0.808. The lowest BCUT2D eigenvalue weighted by Gasteiger charge is -2.09. The van der Waals surface area contributed by atoms with Crippen LogP contribution in [-0.4, -0.2) is 34.9 Å². The number of hydrogen-bond acceptors (Lipinski definition) is 5. The first-order chi connectivity index (χ1) is 11.4. The Kier molecular flexibility index (Phi) is 5.83. The molecular formula is C16H18F3N3O2. The Labute approximate surface area is 137 Å². The molecular weight excluding hydrogens is 323 g/mol. The van der Waals surface area contributed by atoms with Crippen molar-refractivity contribution in [3.05, 3.63) is 41.7 Å². The van der Waals surface area contributed by atoms with E-state index >= 15 is 0 Å². The summed E-state index contributed by atoms with van der Waals surface area (Å²) in [6.07, 6.45) is -3.26. The van der Waals surface area contributed by atoms with E-state index in [9.17, 15) is 18.3 Å². The zero-order valence-electron chi connectivity index (χ0n) is 13.1. The van der Waals surface area contributed by atoms with Crippen molar-refractivity contribution < 1.29 is 23.0 Å². The van der Waals surface area contributed by atoms with Crippen LogP contribution < -0.4 is 10.1 Å². The van der Waals surface area contributed by atoms with Crippen LogP contribution in [-0.2, 0) is 12.8 Å². The summed E-state index contributed by atoms with van der Waals surface area (Å²) in [4.78, 5) is 8.05. The molecule has 8 heteroatoms. The van der Waals surface area contributed by atoms with E-state index in [0.29, 0.717) is 24.4 Å². The topological polar surface area (TPSA) is 67.3 Å². The lowest BCUT2D eigenvalue weighted by Crippen LogP contribution is -2.11. The highest BCUT2D eigenvalue weighted by atomic mass is 19.4. The number of phenolic OH excluding ortho intramolecular Hbond substituents is 1. The number of hydrogen-bond donors (Lipinski definition) is 2. The van der Waals surface area contributed by atoms with Crippen molar-refractivity contribution in [2.24, 2.45) is 0 Å². The molecule has 0 aliphatic heterocycles. The molecule has 5 nitrogen and oxygen atoms in total. The predicted octanol–water partition coefficient (Wildman–Crippen LogP) is 3.34. The van der Waals surface area contributed by atoms with Crippen LogP contribution in [0.1, 0.15) is 17.7 Å². The van der Waals surface area contributed by atoms with Gasteiger partial charge in [-0.2, -0.15) is 13.2 Å². The van der Waals surface area contributed by atoms with Gasteiger partial charge in [-0.15, -0.1) is 0 Å². The molecule has 0 aliphatic rings. The van der Waals surface area contributed by atoms with E-state index in [2.05, 4.69) is 15.3 Å². The molecule has 2 N–H and O–H groups in total. The second kappa shape index (κ2) is 7.85. The van der Waals surface area contributed by atoms with Gasteiger partial charge in [0.05, 0.1) is 7.11 Å². The Balaban J connectivity index is 1.87. The molecule has 0 amide bonds. The van der Waals surface area contributed by atoms with Crippen LogP contribution in [0.4, 0.5) is 19.1 Å². The van der Waals surface area contributed by atoms with Crippen LogP contribution in [0.5, 0.6) is 11.5 Å². The fourth-order valence-corrected chi connectivity index (χ4v) is 2.10. The first-order valence-corrected chi connectivity index (χ1v) is 7.36. The molecule has 1 heterocycles. The van der Waals surface area contributed by atoms with Gasteiger partial charge in [-0.3, -0.25) is 0 Å². The second-order valence-electron chi connectivity index (χ2n) is 5.17. The molecule has 0 spiro atoms. The van der Waals surface area contributed by atoms with Gasteiger partial charge in [-0.05, 0) is 36.6 Å². The van der Waals surface area contributed by atoms with Crippen molar-refractivity contribution in [1.82, 2.24) is 9.97 Å². The van der Waals surface area contributed by atoms with E-state index in [1.807, 2.05) is 6.07 Å². The van der Waals surface area contributed by atoms with Crippen molar-refractivity contribution >= 4 is 5.95 Å². The average Bonchev–Trinajstić information content (AvgIpc) is 2.53. The normalized spacial score (nSPS) is 11.3. The highest BCUT2D eigenvalue weighted by molar-refractivity contribution is 5.42. The summed E-state index contributed by atoms with van der Waals surface area (Å²) < 4.78 is 41.7. The number of phenols is 1. The van der Waals surface area contributed by atoms with Gasteiger partial charge in [0.25, 0.3) is 0 Å². The number of aromatic hydroxyl groups is 1. The minimum absolute atomic E-state index is 0.0559. The SMILES string of the molecule is COc1ccc(CCNc2nccc(CCC(F)(F)F)n2)cc1O. The minimum Gasteiger partial charge on any atom is -0.504 e. The number of halogens is 3. The summed E-state index contributed by atoms with van der Waals surface area (Å²) in [5.41, 5.74) is 1.22. The number of nitrogens with zero attached hydrogens (tertiary/aromatic N) is 2. The third kappa shape index (κ3) is 5.60. The lowest BCUT2D eigenvalue weighted by molar-refractivity contribution is -0.134. The Hall–Kier alpha value is -2.51. The smallest absolute Gasteiger partial charge is 0.389 e. The van der Waals surface area contributed by atoms with Gasteiger partial charge >= 0.3 is 6.18 Å². The molecule has 2 rings (SSSR count). The number of benzene rings is 1. The van der Waals surface area contributed by atoms with E-state index in [1.54, 1.807) is 12.1 Å². The fourth-order valence-electron chi connectivity index (χ4n) is 2.10. The van der Waals surface area contributed by atoms with Crippen molar-refractivity contribution in [3.63, 3.8) is 0 Å². The van der Waals surface area contributed by atoms with Crippen LogP contribution in [0.25, 0.3) is 0 Å². The summed E-state index contributed by atoms with van der Waals surface area (Å²) >= 11 is 0. The van der Waals surface area contributed by atoms with Crippen LogP contribution in [0.15, 0.2) is 30.5 Å². The maximum atomic E-state index is 12.2. The zero-order valence-corrected chi connectivity index (χ0v) is 13.1. The monoisotopic (exact) mass is 341 g/mol. The zero-order chi connectivity index (χ0) is 17.6. The number of nitrogens with one attached hydrogen (secondary N) is 1. The van der Waals surface area contributed by atoms with E-state index in [-0.39, 0.29) is 18.1 Å². The van der Waals surface area contributed by atoms with Gasteiger partial charge in [-0.1, -0.05) is 6.07 Å². The van der Waals surface area contributed by atoms with Crippen molar-refractivity contribution in [2.45, 2.75) is 25.4 Å². The van der Waals surface area contributed by atoms with Gasteiger partial charge in [0.15, 0.2) is 11.5 Å². The summed E-state index contributed by atoms with van der Waals surface area (Å²) in [5.74, 6) is 0.736. The predicted molar refractivity (Wildman–Crippen MR) is 83.3 cm³/mol. The number of anilines is 1. The first kappa shape index (κ1) is 17.8. The summed E-state index contributed by atoms with van der Waals surface area (Å²) in [6, 6.07) is 6.55. The largest absolute Gasteiger partial charge is 0.504 e. The molecule has 2 aromatic rings.